The predicted octanol–water partition coefficient (Wildman–Crippen LogP) is 0.821. The van der Waals surface area contributed by atoms with Crippen LogP contribution in [0.25, 0.3) is 0 Å². The third kappa shape index (κ3) is 3.95. The van der Waals surface area contributed by atoms with Gasteiger partial charge >= 0.3 is 0 Å². The fourth-order valence-electron chi connectivity index (χ4n) is 2.11. The lowest BCUT2D eigenvalue weighted by Crippen LogP contribution is -2.52. The Morgan fingerprint density at radius 3 is 3.00 bits per heavy atom. The molecule has 1 amide bonds. The quantitative estimate of drug-likeness (QED) is 0.866. The van der Waals surface area contributed by atoms with E-state index in [-0.39, 0.29) is 11.9 Å². The zero-order chi connectivity index (χ0) is 14.4. The Bertz CT molecular complexity index is 444. The van der Waals surface area contributed by atoms with Crippen molar-refractivity contribution in [2.75, 3.05) is 40.0 Å². The molecule has 0 aliphatic carbocycles. The summed E-state index contributed by atoms with van der Waals surface area (Å²) in [6, 6.07) is 7.64. The fraction of sp³-hybridized carbons (Fsp3) is 0.533. The minimum absolute atomic E-state index is 0.0538. The van der Waals surface area contributed by atoms with Crippen LogP contribution in [0.4, 0.5) is 0 Å². The van der Waals surface area contributed by atoms with E-state index >= 15 is 0 Å². The summed E-state index contributed by atoms with van der Waals surface area (Å²) in [5, 5.41) is 3.16. The number of morpholine rings is 1. The minimum atomic E-state index is -0.229. The number of nitrogens with zero attached hydrogens (tertiary/aromatic N) is 1. The molecule has 1 aromatic rings. The van der Waals surface area contributed by atoms with Crippen molar-refractivity contribution in [2.45, 2.75) is 13.0 Å². The summed E-state index contributed by atoms with van der Waals surface area (Å²) >= 11 is 0. The van der Waals surface area contributed by atoms with Gasteiger partial charge in [-0.3, -0.25) is 4.79 Å². The first kappa shape index (κ1) is 14.8. The van der Waals surface area contributed by atoms with E-state index in [0.717, 1.165) is 17.9 Å². The topological polar surface area (TPSA) is 50.8 Å². The molecule has 1 saturated heterocycles. The molecule has 0 unspecified atom stereocenters. The van der Waals surface area contributed by atoms with E-state index in [1.165, 1.54) is 0 Å². The number of para-hydroxylation sites is 1. The van der Waals surface area contributed by atoms with Gasteiger partial charge in [-0.2, -0.15) is 0 Å². The molecular formula is C15H22N2O3. The number of ether oxygens (including phenoxy) is 2. The number of aryl methyl sites for hydroxylation is 1. The van der Waals surface area contributed by atoms with E-state index in [2.05, 4.69) is 5.32 Å². The molecule has 5 nitrogen and oxygen atoms in total. The summed E-state index contributed by atoms with van der Waals surface area (Å²) in [4.78, 5) is 13.8. The number of nitrogens with one attached hydrogen (secondary N) is 1. The second kappa shape index (κ2) is 7.26. The fourth-order valence-corrected chi connectivity index (χ4v) is 2.11. The van der Waals surface area contributed by atoms with Gasteiger partial charge in [0.15, 0.2) is 0 Å². The highest BCUT2D eigenvalue weighted by Crippen LogP contribution is 2.15. The molecule has 5 heteroatoms. The first-order valence-corrected chi connectivity index (χ1v) is 6.93. The molecule has 1 fully saturated rings. The van der Waals surface area contributed by atoms with Gasteiger partial charge < -0.3 is 19.7 Å². The summed E-state index contributed by atoms with van der Waals surface area (Å²) in [5.41, 5.74) is 1.10. The van der Waals surface area contributed by atoms with Crippen LogP contribution in [-0.2, 0) is 9.53 Å². The second-order valence-electron chi connectivity index (χ2n) is 4.96. The molecule has 0 bridgehead atoms. The van der Waals surface area contributed by atoms with Gasteiger partial charge in [-0.15, -0.1) is 0 Å². The Hall–Kier alpha value is -1.59. The first-order valence-electron chi connectivity index (χ1n) is 6.93. The number of rotatable bonds is 5. The van der Waals surface area contributed by atoms with Gasteiger partial charge in [-0.25, -0.2) is 0 Å². The summed E-state index contributed by atoms with van der Waals surface area (Å²) in [7, 11) is 1.79. The molecule has 0 radical (unpaired) electrons. The maximum atomic E-state index is 12.1. The molecule has 20 heavy (non-hydrogen) atoms. The van der Waals surface area contributed by atoms with Crippen molar-refractivity contribution in [3.8, 4) is 5.75 Å². The van der Waals surface area contributed by atoms with Crippen LogP contribution in [-0.4, -0.2) is 56.8 Å². The number of carbonyl (C=O) groups is 1. The standard InChI is InChI=1S/C15H22N2O3/c1-12-5-3-4-6-14(12)20-10-8-17(2)15(18)13-11-19-9-7-16-13/h3-6,13,16H,7-11H2,1-2H3/t13-/m0/s1. The maximum Gasteiger partial charge on any atom is 0.241 e. The van der Waals surface area contributed by atoms with E-state index in [9.17, 15) is 4.79 Å². The van der Waals surface area contributed by atoms with Crippen molar-refractivity contribution >= 4 is 5.91 Å². The molecule has 1 aliphatic rings. The zero-order valence-electron chi connectivity index (χ0n) is 12.1. The van der Waals surface area contributed by atoms with Crippen LogP contribution in [0.3, 0.4) is 0 Å². The molecule has 1 N–H and O–H groups in total. The normalized spacial score (nSPS) is 18.6. The SMILES string of the molecule is Cc1ccccc1OCCN(C)C(=O)[C@@H]1COCCN1. The van der Waals surface area contributed by atoms with Gasteiger partial charge in [0, 0.05) is 13.6 Å². The smallest absolute Gasteiger partial charge is 0.241 e. The predicted molar refractivity (Wildman–Crippen MR) is 76.9 cm³/mol. The summed E-state index contributed by atoms with van der Waals surface area (Å²) in [6.07, 6.45) is 0. The Kier molecular flexibility index (Phi) is 5.38. The largest absolute Gasteiger partial charge is 0.491 e. The molecule has 1 atom stereocenters. The number of carbonyl (C=O) groups excluding carboxylic acids is 1. The maximum absolute atomic E-state index is 12.1. The van der Waals surface area contributed by atoms with E-state index in [4.69, 9.17) is 9.47 Å². The Morgan fingerprint density at radius 2 is 2.30 bits per heavy atom. The lowest BCUT2D eigenvalue weighted by Gasteiger charge is -2.27. The third-order valence-electron chi connectivity index (χ3n) is 3.37. The van der Waals surface area contributed by atoms with Crippen LogP contribution < -0.4 is 10.1 Å². The van der Waals surface area contributed by atoms with Crippen LogP contribution in [0.5, 0.6) is 5.75 Å². The van der Waals surface area contributed by atoms with Crippen LogP contribution in [0, 0.1) is 6.92 Å². The van der Waals surface area contributed by atoms with E-state index in [1.54, 1.807) is 11.9 Å². The van der Waals surface area contributed by atoms with Crippen molar-refractivity contribution in [1.29, 1.82) is 0 Å². The molecule has 2 rings (SSSR count). The second-order valence-corrected chi connectivity index (χ2v) is 4.96. The van der Waals surface area contributed by atoms with Crippen LogP contribution in [0.15, 0.2) is 24.3 Å². The highest BCUT2D eigenvalue weighted by atomic mass is 16.5. The number of likely N-dealkylation sites (N-methyl/N-ethyl adjacent to an activating group) is 1. The van der Waals surface area contributed by atoms with Crippen molar-refractivity contribution < 1.29 is 14.3 Å². The lowest BCUT2D eigenvalue weighted by molar-refractivity contribution is -0.135. The number of amides is 1. The highest BCUT2D eigenvalue weighted by Gasteiger charge is 2.23. The number of benzene rings is 1. The summed E-state index contributed by atoms with van der Waals surface area (Å²) < 4.78 is 11.0. The molecule has 0 spiro atoms. The monoisotopic (exact) mass is 278 g/mol. The van der Waals surface area contributed by atoms with Gasteiger partial charge in [0.2, 0.25) is 5.91 Å². The zero-order valence-corrected chi connectivity index (χ0v) is 12.1. The van der Waals surface area contributed by atoms with Crippen molar-refractivity contribution in [3.05, 3.63) is 29.8 Å². The number of hydrogen-bond donors (Lipinski definition) is 1. The first-order chi connectivity index (χ1) is 9.68. The van der Waals surface area contributed by atoms with E-state index in [0.29, 0.717) is 26.4 Å². The van der Waals surface area contributed by atoms with Gasteiger partial charge in [0.25, 0.3) is 0 Å². The van der Waals surface area contributed by atoms with Crippen LogP contribution in [0.1, 0.15) is 5.56 Å². The molecule has 0 saturated carbocycles. The summed E-state index contributed by atoms with van der Waals surface area (Å²) in [5.74, 6) is 0.922. The molecule has 0 aromatic heterocycles. The average Bonchev–Trinajstić information content (AvgIpc) is 2.49. The Labute approximate surface area is 119 Å². The molecule has 1 aromatic carbocycles. The molecule has 1 heterocycles. The van der Waals surface area contributed by atoms with Crippen LogP contribution in [0.2, 0.25) is 0 Å². The van der Waals surface area contributed by atoms with E-state index < -0.39 is 0 Å². The lowest BCUT2D eigenvalue weighted by atomic mass is 10.2. The Morgan fingerprint density at radius 1 is 1.50 bits per heavy atom. The third-order valence-corrected chi connectivity index (χ3v) is 3.37. The minimum Gasteiger partial charge on any atom is -0.491 e. The molecule has 1 aliphatic heterocycles. The number of hydrogen-bond acceptors (Lipinski definition) is 4. The average molecular weight is 278 g/mol. The van der Waals surface area contributed by atoms with Gasteiger partial charge in [0.05, 0.1) is 19.8 Å². The van der Waals surface area contributed by atoms with Gasteiger partial charge in [0.1, 0.15) is 18.4 Å². The van der Waals surface area contributed by atoms with Gasteiger partial charge in [-0.05, 0) is 18.6 Å². The molecule has 110 valence electrons. The van der Waals surface area contributed by atoms with Crippen LogP contribution >= 0.6 is 0 Å². The molecular weight excluding hydrogens is 256 g/mol. The van der Waals surface area contributed by atoms with Crippen molar-refractivity contribution in [3.63, 3.8) is 0 Å². The highest BCUT2D eigenvalue weighted by molar-refractivity contribution is 5.81. The Balaban J connectivity index is 1.75. The van der Waals surface area contributed by atoms with Crippen molar-refractivity contribution in [2.24, 2.45) is 0 Å². The van der Waals surface area contributed by atoms with Gasteiger partial charge in [-0.1, -0.05) is 18.2 Å². The summed E-state index contributed by atoms with van der Waals surface area (Å²) in [6.45, 7) is 4.90. The van der Waals surface area contributed by atoms with E-state index in [1.807, 2.05) is 31.2 Å². The van der Waals surface area contributed by atoms with Crippen molar-refractivity contribution in [1.82, 2.24) is 10.2 Å².